The first-order chi connectivity index (χ1) is 41.9. The molecule has 0 unspecified atom stereocenters. The molecule has 0 saturated heterocycles. The fraction of sp³-hybridized carbons (Fsp3) is 0.220. The number of fused-ring (bicyclic) bond motifs is 6. The van der Waals surface area contributed by atoms with Crippen LogP contribution < -0.4 is 31.0 Å². The summed E-state index contributed by atoms with van der Waals surface area (Å²) in [6.07, 6.45) is 6.12. The summed E-state index contributed by atoms with van der Waals surface area (Å²) in [5, 5.41) is 33.4. The standard InChI is InChI=1S/C21H17ClF2N4O6.C19H17N3O5.C19H16N2O6/c1-32-12-4-3-9-7-28(18(29)15(9)16(12)24)8-21(19(30)33-2,27-20(25)31)14-6-11-13(34-14)5-10(23)17(22)26-11;1-26-13-3-2-11-9-22(17(23)14(11)7-13)10-19(20,18(24)25)16-6-12-8-21-5-4-15(12)27-16;1-26-13-3-2-11-9-21(17(22)14(11)7-13)10-19(25,18(23)24)16-6-12-8-20-5-4-15(12)27-16/h3-6H,7-8H2,1-2H3,(H3,25,27,31);2-8H,9-10,20H2,1H3,(H,24,25);2-8,25H,9-10H2,1H3,(H,23,24)/t21-;2*19-/m000/s1. The highest BCUT2D eigenvalue weighted by Gasteiger charge is 2.51. The number of aliphatic hydroxyl groups is 1. The lowest BCUT2D eigenvalue weighted by Crippen LogP contribution is -2.59. The summed E-state index contributed by atoms with van der Waals surface area (Å²) in [5.41, 5.74) is 8.49. The van der Waals surface area contributed by atoms with Gasteiger partial charge in [0.25, 0.3) is 17.7 Å². The summed E-state index contributed by atoms with van der Waals surface area (Å²) < 4.78 is 65.5. The Hall–Kier alpha value is -10.7. The molecule has 8 N–H and O–H groups in total. The van der Waals surface area contributed by atoms with Gasteiger partial charge in [0.2, 0.25) is 11.1 Å². The van der Waals surface area contributed by atoms with E-state index in [1.807, 2.05) is 0 Å². The molecule has 3 atom stereocenters. The number of halogens is 3. The van der Waals surface area contributed by atoms with E-state index in [4.69, 9.17) is 55.3 Å². The van der Waals surface area contributed by atoms with Crippen molar-refractivity contribution in [1.29, 1.82) is 0 Å². The zero-order chi connectivity index (χ0) is 63.1. The Balaban J connectivity index is 0.000000147. The van der Waals surface area contributed by atoms with E-state index in [2.05, 4.69) is 20.3 Å². The minimum Gasteiger partial charge on any atom is -0.497 e. The second kappa shape index (κ2) is 23.6. The molecule has 454 valence electrons. The van der Waals surface area contributed by atoms with Crippen LogP contribution in [0.4, 0.5) is 13.6 Å². The maximum atomic E-state index is 14.8. The third-order valence-corrected chi connectivity index (χ3v) is 15.1. The minimum atomic E-state index is -2.39. The number of esters is 1. The van der Waals surface area contributed by atoms with E-state index in [-0.39, 0.29) is 77.7 Å². The van der Waals surface area contributed by atoms with Crippen molar-refractivity contribution in [3.05, 3.63) is 177 Å². The van der Waals surface area contributed by atoms with Crippen LogP contribution in [0.5, 0.6) is 17.2 Å². The maximum absolute atomic E-state index is 14.8. The van der Waals surface area contributed by atoms with Gasteiger partial charge >= 0.3 is 23.9 Å². The van der Waals surface area contributed by atoms with Gasteiger partial charge < -0.3 is 79.0 Å². The Labute approximate surface area is 499 Å². The Morgan fingerprint density at radius 3 is 1.73 bits per heavy atom. The van der Waals surface area contributed by atoms with Gasteiger partial charge in [0.05, 0.1) is 53.6 Å². The topological polar surface area (TPSA) is 369 Å². The minimum absolute atomic E-state index is 0.0627. The lowest BCUT2D eigenvalue weighted by atomic mass is 9.95. The van der Waals surface area contributed by atoms with Crippen molar-refractivity contribution in [2.45, 2.75) is 36.3 Å². The number of pyridine rings is 3. The third kappa shape index (κ3) is 11.0. The first-order valence-electron chi connectivity index (χ1n) is 26.1. The number of nitrogens with two attached hydrogens (primary N) is 2. The number of hydrogen-bond acceptors (Lipinski definition) is 19. The number of carbonyl (C=O) groups is 7. The number of carbonyl (C=O) groups excluding carboxylic acids is 5. The molecular weight excluding hydrogens is 1180 g/mol. The van der Waals surface area contributed by atoms with E-state index in [9.17, 15) is 57.7 Å². The number of carboxylic acids is 2. The van der Waals surface area contributed by atoms with Gasteiger partial charge in [-0.2, -0.15) is 0 Å². The zero-order valence-corrected chi connectivity index (χ0v) is 47.4. The average molecular weight is 1230 g/mol. The van der Waals surface area contributed by atoms with Crippen molar-refractivity contribution < 1.29 is 89.9 Å². The lowest BCUT2D eigenvalue weighted by molar-refractivity contribution is -0.163. The molecule has 5 amide bonds. The number of nitrogens with zero attached hydrogens (tertiary/aromatic N) is 6. The molecule has 9 aromatic rings. The molecule has 3 aliphatic rings. The van der Waals surface area contributed by atoms with Gasteiger partial charge in [-0.3, -0.25) is 24.4 Å². The molecule has 0 radical (unpaired) electrons. The van der Waals surface area contributed by atoms with E-state index in [1.165, 1.54) is 67.8 Å². The van der Waals surface area contributed by atoms with Crippen molar-refractivity contribution in [1.82, 2.24) is 35.0 Å². The van der Waals surface area contributed by atoms with Crippen LogP contribution in [0.1, 0.15) is 65.0 Å². The predicted molar refractivity (Wildman–Crippen MR) is 302 cm³/mol. The SMILES string of the molecule is COC(=O)[C@@](CN1Cc2ccc(OC)c(F)c2C1=O)(NC(N)=O)c1cc2nc(Cl)c(F)cc2o1.COc1ccc2c(c1)C(=O)N(C[C@@](N)(C(=O)O)c1cc3cnccc3o1)C2.COc1ccc2c(c1)C(=O)N(C[C@@](O)(C(=O)O)c1cc3cnccc3o1)C2. The number of urea groups is 1. The van der Waals surface area contributed by atoms with Gasteiger partial charge in [-0.25, -0.2) is 32.9 Å². The summed E-state index contributed by atoms with van der Waals surface area (Å²) in [4.78, 5) is 103. The first-order valence-corrected chi connectivity index (χ1v) is 26.5. The van der Waals surface area contributed by atoms with E-state index in [0.29, 0.717) is 50.1 Å². The molecule has 29 heteroatoms. The number of amides is 5. The number of aromatic nitrogens is 3. The molecule has 3 aliphatic heterocycles. The maximum Gasteiger partial charge on any atom is 0.345 e. The molecule has 9 heterocycles. The number of hydrogen-bond donors (Lipinski definition) is 6. The quantitative estimate of drug-likeness (QED) is 0.0480. The normalized spacial score (nSPS) is 15.2. The summed E-state index contributed by atoms with van der Waals surface area (Å²) in [6, 6.07) is 20.3. The average Bonchev–Trinajstić information content (AvgIpc) is 1.81. The molecule has 0 bridgehead atoms. The van der Waals surface area contributed by atoms with Crippen molar-refractivity contribution >= 4 is 86.3 Å². The summed E-state index contributed by atoms with van der Waals surface area (Å²) in [5.74, 6) is -6.41. The van der Waals surface area contributed by atoms with E-state index in [1.54, 1.807) is 67.0 Å². The van der Waals surface area contributed by atoms with Crippen LogP contribution >= 0.6 is 11.6 Å². The number of methoxy groups -OCH3 is 4. The number of furan rings is 3. The zero-order valence-electron chi connectivity index (χ0n) is 46.7. The Bertz CT molecular complexity index is 4050. The number of carboxylic acid groups (broad SMARTS) is 2. The van der Waals surface area contributed by atoms with E-state index in [0.717, 1.165) is 29.2 Å². The van der Waals surface area contributed by atoms with E-state index < -0.39 is 76.4 Å². The van der Waals surface area contributed by atoms with Gasteiger partial charge in [0.1, 0.15) is 45.5 Å². The third-order valence-electron chi connectivity index (χ3n) is 14.9. The second-order valence-electron chi connectivity index (χ2n) is 20.3. The molecule has 88 heavy (non-hydrogen) atoms. The molecule has 0 fully saturated rings. The smallest absolute Gasteiger partial charge is 0.345 e. The molecule has 0 saturated carbocycles. The van der Waals surface area contributed by atoms with Gasteiger partial charge in [0.15, 0.2) is 33.7 Å². The van der Waals surface area contributed by atoms with Gasteiger partial charge in [-0.05, 0) is 71.3 Å². The largest absolute Gasteiger partial charge is 0.497 e. The van der Waals surface area contributed by atoms with Crippen LogP contribution in [0.15, 0.2) is 123 Å². The number of primary amides is 1. The van der Waals surface area contributed by atoms with Crippen molar-refractivity contribution in [3.8, 4) is 17.2 Å². The van der Waals surface area contributed by atoms with Crippen LogP contribution in [0.25, 0.3) is 33.0 Å². The molecule has 6 aromatic heterocycles. The van der Waals surface area contributed by atoms with Crippen molar-refractivity contribution in [3.63, 3.8) is 0 Å². The highest BCUT2D eigenvalue weighted by Crippen LogP contribution is 2.38. The molecule has 0 aliphatic carbocycles. The number of nitrogens with one attached hydrogen (secondary N) is 1. The van der Waals surface area contributed by atoms with Crippen molar-refractivity contribution in [2.24, 2.45) is 11.5 Å². The molecule has 3 aromatic carbocycles. The fourth-order valence-electron chi connectivity index (χ4n) is 10.3. The monoisotopic (exact) mass is 1230 g/mol. The van der Waals surface area contributed by atoms with Crippen LogP contribution in [-0.4, -0.2) is 135 Å². The number of rotatable bonds is 16. The fourth-order valence-corrected chi connectivity index (χ4v) is 10.5. The Kier molecular flexibility index (Phi) is 16.2. The number of β-amino-alcohol motifs (C(OH)–C–C–N with tert-alkyl or cyclic N) is 1. The van der Waals surface area contributed by atoms with Crippen LogP contribution in [0.2, 0.25) is 5.15 Å². The highest BCUT2D eigenvalue weighted by atomic mass is 35.5. The van der Waals surface area contributed by atoms with Crippen LogP contribution in [0, 0.1) is 11.6 Å². The van der Waals surface area contributed by atoms with E-state index >= 15 is 0 Å². The van der Waals surface area contributed by atoms with Crippen LogP contribution in [-0.2, 0) is 55.4 Å². The van der Waals surface area contributed by atoms with Gasteiger partial charge in [0, 0.05) is 78.5 Å². The second-order valence-corrected chi connectivity index (χ2v) is 20.6. The molecule has 0 spiro atoms. The predicted octanol–water partition coefficient (Wildman–Crippen LogP) is 5.96. The Morgan fingerprint density at radius 2 is 1.19 bits per heavy atom. The van der Waals surface area contributed by atoms with Gasteiger partial charge in [-0.1, -0.05) is 29.8 Å². The molecular formula is C59H50ClF2N9O17. The number of benzene rings is 3. The molecule has 26 nitrogen and oxygen atoms in total. The lowest BCUT2D eigenvalue weighted by Gasteiger charge is -2.33. The number of ether oxygens (including phenoxy) is 4. The summed E-state index contributed by atoms with van der Waals surface area (Å²) >= 11 is 5.73. The Morgan fingerprint density at radius 1 is 0.659 bits per heavy atom. The summed E-state index contributed by atoms with van der Waals surface area (Å²) in [6.45, 7) is -0.889. The van der Waals surface area contributed by atoms with Crippen molar-refractivity contribution in [2.75, 3.05) is 48.1 Å². The van der Waals surface area contributed by atoms with Crippen LogP contribution in [0.3, 0.4) is 0 Å². The highest BCUT2D eigenvalue weighted by molar-refractivity contribution is 6.30. The number of aliphatic carboxylic acids is 2. The first kappa shape index (κ1) is 60.4. The van der Waals surface area contributed by atoms with Gasteiger partial charge in [-0.15, -0.1) is 0 Å². The summed E-state index contributed by atoms with van der Waals surface area (Å²) in [7, 11) is 5.32. The molecule has 12 rings (SSSR count).